The van der Waals surface area contributed by atoms with Gasteiger partial charge in [-0.05, 0) is 13.0 Å². The number of hydrogen-bond donors (Lipinski definition) is 0. The summed E-state index contributed by atoms with van der Waals surface area (Å²) in [5.41, 5.74) is -0.896. The highest BCUT2D eigenvalue weighted by Gasteiger charge is 2.25. The van der Waals surface area contributed by atoms with Crippen molar-refractivity contribution in [3.05, 3.63) is 34.9 Å². The second kappa shape index (κ2) is 6.23. The van der Waals surface area contributed by atoms with E-state index in [1.807, 2.05) is 0 Å². The summed E-state index contributed by atoms with van der Waals surface area (Å²) < 4.78 is 30.8. The summed E-state index contributed by atoms with van der Waals surface area (Å²) in [4.78, 5) is 23.2. The van der Waals surface area contributed by atoms with Gasteiger partial charge in [-0.25, -0.2) is 13.6 Å². The Kier molecular flexibility index (Phi) is 4.95. The van der Waals surface area contributed by atoms with Gasteiger partial charge in [0.1, 0.15) is 0 Å². The highest BCUT2D eigenvalue weighted by Crippen LogP contribution is 2.28. The van der Waals surface area contributed by atoms with Gasteiger partial charge in [-0.2, -0.15) is 0 Å². The number of ketones is 1. The lowest BCUT2D eigenvalue weighted by molar-refractivity contribution is 0.0515. The Balaban J connectivity index is 3.34. The van der Waals surface area contributed by atoms with Crippen LogP contribution in [0.25, 0.3) is 0 Å². The average molecular weight is 256 g/mol. The molecule has 1 rings (SSSR count). The molecule has 0 saturated carbocycles. The van der Waals surface area contributed by atoms with Gasteiger partial charge in [-0.3, -0.25) is 4.79 Å². The smallest absolute Gasteiger partial charge is 0.338 e. The second-order valence-corrected chi connectivity index (χ2v) is 3.56. The molecular formula is C13H14F2O3. The van der Waals surface area contributed by atoms with Gasteiger partial charge in [-0.15, -0.1) is 0 Å². The quantitative estimate of drug-likeness (QED) is 0.599. The standard InChI is InChI=1S/C13H14F2O3/c1-3-10(16)8-6-5-7-9(11(8)12(14)15)13(17)18-4-2/h5-7,12H,3-4H2,1-2H3. The molecular weight excluding hydrogens is 242 g/mol. The summed E-state index contributed by atoms with van der Waals surface area (Å²) in [6, 6.07) is 3.95. The maximum absolute atomic E-state index is 13.0. The first-order valence-corrected chi connectivity index (χ1v) is 5.64. The summed E-state index contributed by atoms with van der Waals surface area (Å²) >= 11 is 0. The van der Waals surface area contributed by atoms with Gasteiger partial charge in [0.05, 0.1) is 12.2 Å². The van der Waals surface area contributed by atoms with Crippen LogP contribution in [-0.4, -0.2) is 18.4 Å². The summed E-state index contributed by atoms with van der Waals surface area (Å²) in [7, 11) is 0. The van der Waals surface area contributed by atoms with Crippen molar-refractivity contribution in [2.24, 2.45) is 0 Å². The number of Topliss-reactive ketones (excluding diaryl/α,β-unsaturated/α-hetero) is 1. The van der Waals surface area contributed by atoms with Crippen molar-refractivity contribution in [2.45, 2.75) is 26.7 Å². The topological polar surface area (TPSA) is 43.4 Å². The normalized spacial score (nSPS) is 10.5. The molecule has 18 heavy (non-hydrogen) atoms. The van der Waals surface area contributed by atoms with Crippen LogP contribution in [-0.2, 0) is 4.74 Å². The lowest BCUT2D eigenvalue weighted by atomic mass is 9.97. The molecule has 0 bridgehead atoms. The highest BCUT2D eigenvalue weighted by atomic mass is 19.3. The van der Waals surface area contributed by atoms with E-state index in [0.717, 1.165) is 0 Å². The SMILES string of the molecule is CCOC(=O)c1cccc(C(=O)CC)c1C(F)F. The van der Waals surface area contributed by atoms with Crippen molar-refractivity contribution >= 4 is 11.8 Å². The Bertz CT molecular complexity index is 456. The molecule has 0 heterocycles. The Morgan fingerprint density at radius 3 is 2.33 bits per heavy atom. The van der Waals surface area contributed by atoms with E-state index in [9.17, 15) is 18.4 Å². The fourth-order valence-electron chi connectivity index (χ4n) is 1.62. The molecule has 5 heteroatoms. The van der Waals surface area contributed by atoms with Crippen molar-refractivity contribution in [3.63, 3.8) is 0 Å². The summed E-state index contributed by atoms with van der Waals surface area (Å²) in [6.07, 6.45) is -2.79. The van der Waals surface area contributed by atoms with Crippen LogP contribution in [0.3, 0.4) is 0 Å². The molecule has 0 aliphatic rings. The van der Waals surface area contributed by atoms with Gasteiger partial charge >= 0.3 is 5.97 Å². The molecule has 0 aliphatic carbocycles. The van der Waals surface area contributed by atoms with Crippen LogP contribution in [0, 0.1) is 0 Å². The number of carbonyl (C=O) groups excluding carboxylic acids is 2. The van der Waals surface area contributed by atoms with E-state index >= 15 is 0 Å². The molecule has 1 aromatic rings. The predicted molar refractivity (Wildman–Crippen MR) is 62.0 cm³/mol. The Morgan fingerprint density at radius 1 is 1.22 bits per heavy atom. The van der Waals surface area contributed by atoms with E-state index in [1.165, 1.54) is 18.2 Å². The highest BCUT2D eigenvalue weighted by molar-refractivity contribution is 6.01. The molecule has 0 aliphatic heterocycles. The monoisotopic (exact) mass is 256 g/mol. The van der Waals surface area contributed by atoms with Gasteiger partial charge in [0.2, 0.25) is 0 Å². The van der Waals surface area contributed by atoms with Crippen LogP contribution in [0.1, 0.15) is 53.0 Å². The molecule has 0 fully saturated rings. The van der Waals surface area contributed by atoms with Crippen LogP contribution in [0.15, 0.2) is 18.2 Å². The van der Waals surface area contributed by atoms with Gasteiger partial charge in [0.25, 0.3) is 6.43 Å². The van der Waals surface area contributed by atoms with Gasteiger partial charge < -0.3 is 4.74 Å². The zero-order valence-corrected chi connectivity index (χ0v) is 10.2. The van der Waals surface area contributed by atoms with Crippen molar-refractivity contribution < 1.29 is 23.1 Å². The number of ether oxygens (including phenoxy) is 1. The van der Waals surface area contributed by atoms with E-state index in [0.29, 0.717) is 0 Å². The minimum Gasteiger partial charge on any atom is -0.462 e. The van der Waals surface area contributed by atoms with Crippen molar-refractivity contribution in [1.29, 1.82) is 0 Å². The number of carbonyl (C=O) groups is 2. The fourth-order valence-corrected chi connectivity index (χ4v) is 1.62. The number of esters is 1. The Hall–Kier alpha value is -1.78. The largest absolute Gasteiger partial charge is 0.462 e. The van der Waals surface area contributed by atoms with Crippen molar-refractivity contribution in [2.75, 3.05) is 6.61 Å². The molecule has 0 unspecified atom stereocenters. The molecule has 1 aromatic carbocycles. The van der Waals surface area contributed by atoms with Gasteiger partial charge in [0, 0.05) is 17.5 Å². The van der Waals surface area contributed by atoms with E-state index in [-0.39, 0.29) is 24.2 Å². The minimum absolute atomic E-state index is 0.0907. The number of halogens is 2. The zero-order chi connectivity index (χ0) is 13.7. The van der Waals surface area contributed by atoms with Crippen LogP contribution < -0.4 is 0 Å². The van der Waals surface area contributed by atoms with E-state index in [2.05, 4.69) is 0 Å². The Labute approximate surface area is 104 Å². The molecule has 98 valence electrons. The average Bonchev–Trinajstić information content (AvgIpc) is 2.37. The summed E-state index contributed by atoms with van der Waals surface area (Å²) in [5.74, 6) is -1.25. The molecule has 0 amide bonds. The lowest BCUT2D eigenvalue weighted by Gasteiger charge is -2.12. The van der Waals surface area contributed by atoms with Crippen LogP contribution in [0.4, 0.5) is 8.78 Å². The summed E-state index contributed by atoms with van der Waals surface area (Å²) in [6.45, 7) is 3.25. The first-order chi connectivity index (χ1) is 8.52. The van der Waals surface area contributed by atoms with Gasteiger partial charge in [-0.1, -0.05) is 19.1 Å². The maximum Gasteiger partial charge on any atom is 0.338 e. The molecule has 0 saturated heterocycles. The predicted octanol–water partition coefficient (Wildman–Crippen LogP) is 3.39. The van der Waals surface area contributed by atoms with Crippen LogP contribution >= 0.6 is 0 Å². The second-order valence-electron chi connectivity index (χ2n) is 3.56. The minimum atomic E-state index is -2.89. The number of hydrogen-bond acceptors (Lipinski definition) is 3. The van der Waals surface area contributed by atoms with Gasteiger partial charge in [0.15, 0.2) is 5.78 Å². The molecule has 0 radical (unpaired) electrons. The first kappa shape index (κ1) is 14.3. The molecule has 0 N–H and O–H groups in total. The van der Waals surface area contributed by atoms with E-state index < -0.39 is 23.7 Å². The summed E-state index contributed by atoms with van der Waals surface area (Å²) in [5, 5.41) is 0. The molecule has 0 aromatic heterocycles. The molecule has 3 nitrogen and oxygen atoms in total. The number of alkyl halides is 2. The fraction of sp³-hybridized carbons (Fsp3) is 0.385. The van der Waals surface area contributed by atoms with Crippen molar-refractivity contribution in [1.82, 2.24) is 0 Å². The number of benzene rings is 1. The van der Waals surface area contributed by atoms with Crippen LogP contribution in [0.5, 0.6) is 0 Å². The lowest BCUT2D eigenvalue weighted by Crippen LogP contribution is -2.13. The first-order valence-electron chi connectivity index (χ1n) is 5.64. The maximum atomic E-state index is 13.0. The molecule has 0 atom stereocenters. The van der Waals surface area contributed by atoms with Crippen LogP contribution in [0.2, 0.25) is 0 Å². The Morgan fingerprint density at radius 2 is 1.83 bits per heavy atom. The van der Waals surface area contributed by atoms with Crippen molar-refractivity contribution in [3.8, 4) is 0 Å². The third-order valence-corrected chi connectivity index (χ3v) is 2.44. The third-order valence-electron chi connectivity index (χ3n) is 2.44. The molecule has 0 spiro atoms. The van der Waals surface area contributed by atoms with E-state index in [1.54, 1.807) is 13.8 Å². The number of rotatable bonds is 5. The van der Waals surface area contributed by atoms with E-state index in [4.69, 9.17) is 4.74 Å². The third kappa shape index (κ3) is 2.91. The zero-order valence-electron chi connectivity index (χ0n) is 10.2.